The van der Waals surface area contributed by atoms with E-state index in [1.54, 1.807) is 0 Å². The van der Waals surface area contributed by atoms with Crippen molar-refractivity contribution in [3.8, 4) is 16.9 Å². The lowest BCUT2D eigenvalue weighted by atomic mass is 9.84. The number of para-hydroxylation sites is 1. The van der Waals surface area contributed by atoms with Gasteiger partial charge < -0.3 is 19.3 Å². The first kappa shape index (κ1) is 52.1. The molecule has 1 aliphatic carbocycles. The van der Waals surface area contributed by atoms with Gasteiger partial charge in [-0.25, -0.2) is 14.8 Å². The van der Waals surface area contributed by atoms with Gasteiger partial charge in [0.05, 0.1) is 33.4 Å². The third-order valence-corrected chi connectivity index (χ3v) is 17.3. The maximum Gasteiger partial charge on any atom is 0.358 e. The summed E-state index contributed by atoms with van der Waals surface area (Å²) in [7, 11) is 1.94. The molecule has 3 amide bonds. The number of carbonyl (C=O) groups excluding carboxylic acids is 4. The first-order valence-electron chi connectivity index (χ1n) is 27.8. The Bertz CT molecular complexity index is 3330. The minimum atomic E-state index is -0.728. The fourth-order valence-corrected chi connectivity index (χ4v) is 13.0. The first-order valence-corrected chi connectivity index (χ1v) is 28.6. The van der Waals surface area contributed by atoms with E-state index in [2.05, 4.69) is 56.6 Å². The van der Waals surface area contributed by atoms with Crippen molar-refractivity contribution in [2.75, 3.05) is 36.4 Å². The Kier molecular flexibility index (Phi) is 15.0. The second-order valence-electron chi connectivity index (χ2n) is 22.7. The van der Waals surface area contributed by atoms with E-state index in [9.17, 15) is 19.2 Å². The highest BCUT2D eigenvalue weighted by atomic mass is 32.1. The summed E-state index contributed by atoms with van der Waals surface area (Å²) in [5.74, 6) is 1.16. The maximum atomic E-state index is 14.1. The molecule has 4 aromatic carbocycles. The Morgan fingerprint density at radius 1 is 0.831 bits per heavy atom. The second-order valence-corrected chi connectivity index (χ2v) is 23.7. The third kappa shape index (κ3) is 11.5. The first-order chi connectivity index (χ1) is 37.2. The molecule has 6 heterocycles. The van der Waals surface area contributed by atoms with Crippen molar-refractivity contribution in [2.45, 2.75) is 135 Å². The van der Waals surface area contributed by atoms with E-state index in [-0.39, 0.29) is 29.5 Å². The van der Waals surface area contributed by atoms with Gasteiger partial charge in [-0.2, -0.15) is 5.10 Å². The van der Waals surface area contributed by atoms with Gasteiger partial charge >= 0.3 is 5.97 Å². The van der Waals surface area contributed by atoms with Gasteiger partial charge in [-0.3, -0.25) is 29.7 Å². The highest BCUT2D eigenvalue weighted by Crippen LogP contribution is 2.39. The monoisotopic (exact) mass is 1050 g/mol. The second kappa shape index (κ2) is 22.2. The topological polar surface area (TPSA) is 161 Å². The number of fused-ring (bicyclic) bond motifs is 3. The molecule has 2 N–H and O–H groups in total. The maximum absolute atomic E-state index is 14.1. The predicted octanol–water partition coefficient (Wildman–Crippen LogP) is 11.8. The average Bonchev–Trinajstić information content (AvgIpc) is 4.09. The zero-order valence-corrected chi connectivity index (χ0v) is 45.8. The van der Waals surface area contributed by atoms with Gasteiger partial charge in [0, 0.05) is 43.1 Å². The molecule has 14 nitrogen and oxygen atoms in total. The van der Waals surface area contributed by atoms with Crippen LogP contribution < -0.4 is 20.3 Å². The third-order valence-electron chi connectivity index (χ3n) is 16.4. The number of rotatable bonds is 14. The van der Waals surface area contributed by atoms with E-state index >= 15 is 0 Å². The van der Waals surface area contributed by atoms with Crippen LogP contribution in [0.2, 0.25) is 0 Å². The average molecular weight is 1060 g/mol. The lowest BCUT2D eigenvalue weighted by Crippen LogP contribution is -2.39. The van der Waals surface area contributed by atoms with E-state index in [4.69, 9.17) is 19.6 Å². The van der Waals surface area contributed by atoms with Crippen molar-refractivity contribution >= 4 is 67.1 Å². The Morgan fingerprint density at radius 3 is 2.43 bits per heavy atom. The molecular formula is C62H70N8O6S. The van der Waals surface area contributed by atoms with E-state index in [1.807, 2.05) is 99.2 Å². The molecule has 2 saturated heterocycles. The molecule has 1 unspecified atom stereocenters. The number of piperidine rings is 2. The standard InChI is InChI=1S/C62H70N8O6S/c1-38-44(45-25-27-54(64-57(45)60(74)76-62(2,3)4)70-35-31-41-13-10-15-46(49(41)37-70)58(72)66-61-63-50-16-6-7-18-53(50)77-61)14-11-17-52(38)75-43-22-19-39(20-23-43)12-8-9-32-69-33-29-40(30-34-69)42-21-24-47-51(36-42)68(5)67-56(47)48-26-28-55(71)65-59(48)73/h6-7,10-11,13-18,21,24-25,27,36,39-40,43,48H,8-9,12,19-20,22-23,26,28-35,37H2,1-5H3,(H,63,66,72)(H,65,71,73)/t39-,43-,48?. The normalized spacial score (nSPS) is 19.5. The van der Waals surface area contributed by atoms with E-state index < -0.39 is 17.5 Å². The highest BCUT2D eigenvalue weighted by molar-refractivity contribution is 7.22. The number of ether oxygens (including phenoxy) is 2. The molecule has 4 aliphatic rings. The zero-order valence-electron chi connectivity index (χ0n) is 45.0. The number of thiazole rings is 1. The number of hydrogen-bond acceptors (Lipinski definition) is 12. The van der Waals surface area contributed by atoms with Gasteiger partial charge in [0.2, 0.25) is 11.8 Å². The molecular weight excluding hydrogens is 985 g/mol. The Balaban J connectivity index is 0.676. The lowest BCUT2D eigenvalue weighted by Gasteiger charge is -2.33. The number of aryl methyl sites for hydroxylation is 1. The molecule has 3 aliphatic heterocycles. The number of esters is 1. The van der Waals surface area contributed by atoms with Crippen LogP contribution in [0.5, 0.6) is 5.75 Å². The number of anilines is 2. The summed E-state index contributed by atoms with van der Waals surface area (Å²) >= 11 is 1.45. The van der Waals surface area contributed by atoms with E-state index in [1.165, 1.54) is 36.2 Å². The number of hydrogen-bond donors (Lipinski definition) is 2. The number of imide groups is 1. The molecule has 0 radical (unpaired) electrons. The number of nitrogens with zero attached hydrogens (tertiary/aromatic N) is 6. The molecule has 7 aromatic rings. The van der Waals surface area contributed by atoms with Crippen LogP contribution in [-0.4, -0.2) is 86.2 Å². The van der Waals surface area contributed by atoms with E-state index in [0.29, 0.717) is 59.8 Å². The molecule has 1 saturated carbocycles. The SMILES string of the molecule is Cc1c(O[C@H]2CC[C@H](CCCCN3CCC(c4ccc5c(C6CCC(=O)NC6=O)nn(C)c5c4)CC3)CC2)cccc1-c1ccc(N2CCc3cccc(C(=O)Nc4nc5ccccc5s4)c3C2)nc1C(=O)OC(C)(C)C. The van der Waals surface area contributed by atoms with Gasteiger partial charge in [-0.05, 0) is 187 Å². The fraction of sp³-hybridized carbons (Fsp3) is 0.435. The zero-order chi connectivity index (χ0) is 53.4. The summed E-state index contributed by atoms with van der Waals surface area (Å²) in [6, 6.07) is 30.4. The van der Waals surface area contributed by atoms with Crippen molar-refractivity contribution in [2.24, 2.45) is 13.0 Å². The van der Waals surface area contributed by atoms with Gasteiger partial charge in [-0.1, -0.05) is 72.7 Å². The number of aromatic nitrogens is 4. The fourth-order valence-electron chi connectivity index (χ4n) is 12.2. The smallest absolute Gasteiger partial charge is 0.358 e. The van der Waals surface area contributed by atoms with Crippen molar-refractivity contribution < 1.29 is 28.7 Å². The Hall–Kier alpha value is -6.97. The van der Waals surface area contributed by atoms with Crippen molar-refractivity contribution in [1.82, 2.24) is 30.0 Å². The quantitative estimate of drug-likeness (QED) is 0.0606. The minimum absolute atomic E-state index is 0.133. The number of carbonyl (C=O) groups is 4. The summed E-state index contributed by atoms with van der Waals surface area (Å²) in [4.78, 5) is 66.8. The highest BCUT2D eigenvalue weighted by Gasteiger charge is 2.33. The molecule has 15 heteroatoms. The van der Waals surface area contributed by atoms with Crippen LogP contribution in [0.4, 0.5) is 10.9 Å². The van der Waals surface area contributed by atoms with Gasteiger partial charge in [0.25, 0.3) is 5.91 Å². The molecule has 77 heavy (non-hydrogen) atoms. The summed E-state index contributed by atoms with van der Waals surface area (Å²) in [6.45, 7) is 12.2. The molecule has 3 fully saturated rings. The van der Waals surface area contributed by atoms with Crippen molar-refractivity contribution in [3.63, 3.8) is 0 Å². The lowest BCUT2D eigenvalue weighted by molar-refractivity contribution is -0.134. The summed E-state index contributed by atoms with van der Waals surface area (Å²) < 4.78 is 15.7. The van der Waals surface area contributed by atoms with Gasteiger partial charge in [-0.15, -0.1) is 0 Å². The Labute approximate surface area is 454 Å². The van der Waals surface area contributed by atoms with Crippen LogP contribution in [0.15, 0.2) is 91.0 Å². The Morgan fingerprint density at radius 2 is 1.64 bits per heavy atom. The molecule has 11 rings (SSSR count). The summed E-state index contributed by atoms with van der Waals surface area (Å²) in [6.07, 6.45) is 12.1. The van der Waals surface area contributed by atoms with Crippen LogP contribution in [0.3, 0.4) is 0 Å². The number of nitrogens with one attached hydrogen (secondary N) is 2. The number of likely N-dealkylation sites (tertiary alicyclic amines) is 1. The van der Waals surface area contributed by atoms with Crippen LogP contribution in [-0.2, 0) is 34.3 Å². The summed E-state index contributed by atoms with van der Waals surface area (Å²) in [5, 5.41) is 11.8. The molecule has 1 atom stereocenters. The van der Waals surface area contributed by atoms with Gasteiger partial charge in [0.1, 0.15) is 17.2 Å². The van der Waals surface area contributed by atoms with Crippen LogP contribution in [0, 0.1) is 12.8 Å². The minimum Gasteiger partial charge on any atom is -0.490 e. The molecule has 0 spiro atoms. The van der Waals surface area contributed by atoms with Crippen molar-refractivity contribution in [3.05, 3.63) is 130 Å². The summed E-state index contributed by atoms with van der Waals surface area (Å²) in [5.41, 5.74) is 8.71. The number of amides is 3. The van der Waals surface area contributed by atoms with Crippen molar-refractivity contribution in [1.29, 1.82) is 0 Å². The van der Waals surface area contributed by atoms with Crippen LogP contribution >= 0.6 is 11.3 Å². The molecule has 0 bridgehead atoms. The number of unbranched alkanes of at least 4 members (excludes halogenated alkanes) is 1. The largest absolute Gasteiger partial charge is 0.490 e. The number of benzene rings is 4. The van der Waals surface area contributed by atoms with Gasteiger partial charge in [0.15, 0.2) is 10.8 Å². The van der Waals surface area contributed by atoms with Crippen LogP contribution in [0.25, 0.3) is 32.2 Å². The predicted molar refractivity (Wildman–Crippen MR) is 303 cm³/mol. The molecule has 400 valence electrons. The van der Waals surface area contributed by atoms with E-state index in [0.717, 1.165) is 119 Å². The number of pyridine rings is 1. The molecule has 3 aromatic heterocycles. The van der Waals surface area contributed by atoms with Crippen LogP contribution in [0.1, 0.15) is 152 Å².